The van der Waals surface area contributed by atoms with E-state index >= 15 is 0 Å². The number of fused-ring (bicyclic) bond motifs is 3. The SMILES string of the molecule is CC1(C)O[C@H]2[C@@H](O1)[C@@H](COCc1ccccc1Br)O[C@@H]1OC(C)(C)O[C@@H]12. The van der Waals surface area contributed by atoms with Gasteiger partial charge < -0.3 is 28.4 Å². The van der Waals surface area contributed by atoms with Crippen LogP contribution in [-0.4, -0.2) is 48.9 Å². The Morgan fingerprint density at radius 3 is 2.35 bits per heavy atom. The van der Waals surface area contributed by atoms with Crippen molar-refractivity contribution < 1.29 is 28.4 Å². The summed E-state index contributed by atoms with van der Waals surface area (Å²) in [6.07, 6.45) is -1.59. The Balaban J connectivity index is 1.45. The van der Waals surface area contributed by atoms with Crippen molar-refractivity contribution in [1.29, 1.82) is 0 Å². The van der Waals surface area contributed by atoms with E-state index in [0.29, 0.717) is 13.2 Å². The van der Waals surface area contributed by atoms with Gasteiger partial charge in [0, 0.05) is 4.47 Å². The highest BCUT2D eigenvalue weighted by atomic mass is 79.9. The van der Waals surface area contributed by atoms with Gasteiger partial charge in [-0.25, -0.2) is 0 Å². The first-order chi connectivity index (χ1) is 12.2. The van der Waals surface area contributed by atoms with Crippen molar-refractivity contribution >= 4 is 15.9 Å². The van der Waals surface area contributed by atoms with Gasteiger partial charge >= 0.3 is 0 Å². The Kier molecular flexibility index (Phi) is 4.93. The third kappa shape index (κ3) is 3.71. The lowest BCUT2D eigenvalue weighted by Crippen LogP contribution is -2.56. The first kappa shape index (κ1) is 18.8. The van der Waals surface area contributed by atoms with Crippen LogP contribution in [-0.2, 0) is 35.0 Å². The van der Waals surface area contributed by atoms with E-state index in [4.69, 9.17) is 28.4 Å². The second kappa shape index (κ2) is 6.81. The Bertz CT molecular complexity index is 663. The molecule has 4 rings (SSSR count). The number of benzene rings is 1. The molecule has 3 aliphatic heterocycles. The van der Waals surface area contributed by atoms with E-state index in [-0.39, 0.29) is 24.4 Å². The van der Waals surface area contributed by atoms with Gasteiger partial charge in [-0.3, -0.25) is 0 Å². The van der Waals surface area contributed by atoms with Crippen molar-refractivity contribution in [1.82, 2.24) is 0 Å². The van der Waals surface area contributed by atoms with Gasteiger partial charge in [-0.1, -0.05) is 34.1 Å². The molecule has 5 atom stereocenters. The summed E-state index contributed by atoms with van der Waals surface area (Å²) < 4.78 is 37.2. The van der Waals surface area contributed by atoms with Crippen molar-refractivity contribution in [3.8, 4) is 0 Å². The standard InChI is InChI=1S/C19H25BrO6/c1-18(2)23-14-13(10-21-9-11-7-5-6-8-12(11)20)22-17-16(15(14)24-18)25-19(3,4)26-17/h5-8,13-17H,9-10H2,1-4H3/t13-,14+,15+,16-,17-/m1/s1. The molecule has 0 aliphatic carbocycles. The van der Waals surface area contributed by atoms with Gasteiger partial charge in [0.05, 0.1) is 13.2 Å². The Hall–Kier alpha value is -0.540. The summed E-state index contributed by atoms with van der Waals surface area (Å²) >= 11 is 3.54. The monoisotopic (exact) mass is 428 g/mol. The van der Waals surface area contributed by atoms with Crippen molar-refractivity contribution in [2.24, 2.45) is 0 Å². The number of ether oxygens (including phenoxy) is 6. The van der Waals surface area contributed by atoms with E-state index < -0.39 is 17.9 Å². The molecule has 3 fully saturated rings. The smallest absolute Gasteiger partial charge is 0.190 e. The molecule has 0 amide bonds. The zero-order chi connectivity index (χ0) is 18.5. The Labute approximate surface area is 162 Å². The van der Waals surface area contributed by atoms with Crippen LogP contribution in [0.15, 0.2) is 28.7 Å². The van der Waals surface area contributed by atoms with E-state index in [1.54, 1.807) is 0 Å². The molecular formula is C19H25BrO6. The fraction of sp³-hybridized carbons (Fsp3) is 0.684. The largest absolute Gasteiger partial charge is 0.374 e. The molecule has 3 aliphatic rings. The first-order valence-corrected chi connectivity index (χ1v) is 9.71. The van der Waals surface area contributed by atoms with Gasteiger partial charge in [-0.05, 0) is 39.3 Å². The minimum Gasteiger partial charge on any atom is -0.374 e. The molecule has 0 spiro atoms. The molecule has 0 unspecified atom stereocenters. The van der Waals surface area contributed by atoms with Gasteiger partial charge in [0.2, 0.25) is 0 Å². The molecule has 0 aromatic heterocycles. The quantitative estimate of drug-likeness (QED) is 0.732. The summed E-state index contributed by atoms with van der Waals surface area (Å²) in [4.78, 5) is 0. The van der Waals surface area contributed by atoms with Gasteiger partial charge in [0.1, 0.15) is 24.4 Å². The molecule has 1 aromatic rings. The van der Waals surface area contributed by atoms with Gasteiger partial charge in [-0.2, -0.15) is 0 Å². The molecule has 144 valence electrons. The third-order valence-electron chi connectivity index (χ3n) is 4.75. The molecule has 0 bridgehead atoms. The van der Waals surface area contributed by atoms with E-state index in [0.717, 1.165) is 10.0 Å². The van der Waals surface area contributed by atoms with Gasteiger partial charge in [0.15, 0.2) is 17.9 Å². The lowest BCUT2D eigenvalue weighted by Gasteiger charge is -2.37. The van der Waals surface area contributed by atoms with Crippen LogP contribution in [0.5, 0.6) is 0 Å². The summed E-state index contributed by atoms with van der Waals surface area (Å²) in [6.45, 7) is 8.43. The van der Waals surface area contributed by atoms with Crippen molar-refractivity contribution in [2.45, 2.75) is 76.6 Å². The lowest BCUT2D eigenvalue weighted by atomic mass is 9.99. The highest BCUT2D eigenvalue weighted by Crippen LogP contribution is 2.44. The lowest BCUT2D eigenvalue weighted by molar-refractivity contribution is -0.243. The van der Waals surface area contributed by atoms with Crippen LogP contribution in [0.4, 0.5) is 0 Å². The molecule has 7 heteroatoms. The second-order valence-electron chi connectivity index (χ2n) is 7.81. The van der Waals surface area contributed by atoms with Crippen LogP contribution >= 0.6 is 15.9 Å². The topological polar surface area (TPSA) is 55.4 Å². The van der Waals surface area contributed by atoms with Crippen molar-refractivity contribution in [3.05, 3.63) is 34.3 Å². The minimum atomic E-state index is -0.708. The summed E-state index contributed by atoms with van der Waals surface area (Å²) in [7, 11) is 0. The molecule has 0 N–H and O–H groups in total. The van der Waals surface area contributed by atoms with Crippen LogP contribution in [0.25, 0.3) is 0 Å². The second-order valence-corrected chi connectivity index (χ2v) is 8.67. The molecule has 3 heterocycles. The summed E-state index contributed by atoms with van der Waals surface area (Å²) in [5.74, 6) is -1.40. The van der Waals surface area contributed by atoms with Crippen molar-refractivity contribution in [3.63, 3.8) is 0 Å². The normalized spacial score (nSPS) is 37.3. The third-order valence-corrected chi connectivity index (χ3v) is 5.52. The highest BCUT2D eigenvalue weighted by Gasteiger charge is 2.60. The van der Waals surface area contributed by atoms with E-state index in [1.807, 2.05) is 52.0 Å². The number of hydrogen-bond donors (Lipinski definition) is 0. The van der Waals surface area contributed by atoms with E-state index in [1.165, 1.54) is 0 Å². The summed E-state index contributed by atoms with van der Waals surface area (Å²) in [6, 6.07) is 8.00. The van der Waals surface area contributed by atoms with Crippen LogP contribution < -0.4 is 0 Å². The van der Waals surface area contributed by atoms with E-state index in [9.17, 15) is 0 Å². The summed E-state index contributed by atoms with van der Waals surface area (Å²) in [5.41, 5.74) is 1.09. The minimum absolute atomic E-state index is 0.248. The Morgan fingerprint density at radius 1 is 0.923 bits per heavy atom. The number of hydrogen-bond acceptors (Lipinski definition) is 6. The van der Waals surface area contributed by atoms with Crippen LogP contribution in [0.2, 0.25) is 0 Å². The maximum Gasteiger partial charge on any atom is 0.190 e. The van der Waals surface area contributed by atoms with Gasteiger partial charge in [-0.15, -0.1) is 0 Å². The average Bonchev–Trinajstić information content (AvgIpc) is 3.03. The molecule has 26 heavy (non-hydrogen) atoms. The predicted octanol–water partition coefficient (Wildman–Crippen LogP) is 3.36. The summed E-state index contributed by atoms with van der Waals surface area (Å²) in [5, 5.41) is 0. The zero-order valence-corrected chi connectivity index (χ0v) is 17.0. The predicted molar refractivity (Wildman–Crippen MR) is 96.3 cm³/mol. The van der Waals surface area contributed by atoms with E-state index in [2.05, 4.69) is 15.9 Å². The fourth-order valence-electron chi connectivity index (χ4n) is 3.73. The molecule has 0 saturated carbocycles. The highest BCUT2D eigenvalue weighted by molar-refractivity contribution is 9.10. The van der Waals surface area contributed by atoms with Crippen LogP contribution in [0, 0.1) is 0 Å². The molecule has 6 nitrogen and oxygen atoms in total. The number of halogens is 1. The van der Waals surface area contributed by atoms with Crippen LogP contribution in [0.1, 0.15) is 33.3 Å². The average molecular weight is 429 g/mol. The molecule has 3 saturated heterocycles. The maximum absolute atomic E-state index is 6.13. The zero-order valence-electron chi connectivity index (χ0n) is 15.4. The Morgan fingerprint density at radius 2 is 1.58 bits per heavy atom. The molecular weight excluding hydrogens is 404 g/mol. The number of rotatable bonds is 4. The maximum atomic E-state index is 6.13. The fourth-order valence-corrected chi connectivity index (χ4v) is 4.13. The van der Waals surface area contributed by atoms with Crippen LogP contribution in [0.3, 0.4) is 0 Å². The van der Waals surface area contributed by atoms with Crippen molar-refractivity contribution in [2.75, 3.05) is 6.61 Å². The van der Waals surface area contributed by atoms with Gasteiger partial charge in [0.25, 0.3) is 0 Å². The molecule has 0 radical (unpaired) electrons. The first-order valence-electron chi connectivity index (χ1n) is 8.92. The molecule has 1 aromatic carbocycles.